The summed E-state index contributed by atoms with van der Waals surface area (Å²) in [7, 11) is 0. The van der Waals surface area contributed by atoms with Gasteiger partial charge in [-0.3, -0.25) is 4.79 Å². The molecule has 114 valence electrons. The Bertz CT molecular complexity index is 929. The number of Topliss-reactive ketones (excluding diaryl/α,β-unsaturated/α-hetero) is 1. The summed E-state index contributed by atoms with van der Waals surface area (Å²) in [5, 5.41) is 11.9. The molecule has 0 aromatic heterocycles. The Labute approximate surface area is 132 Å². The SMILES string of the molecule is CC(=O)c1cc(-c2ccccc2)c2cc3c(cc2c1O)OCO3. The first-order valence-corrected chi connectivity index (χ1v) is 7.31. The third kappa shape index (κ3) is 2.11. The van der Waals surface area contributed by atoms with Gasteiger partial charge in [0.05, 0.1) is 5.56 Å². The van der Waals surface area contributed by atoms with Gasteiger partial charge in [0.25, 0.3) is 0 Å². The van der Waals surface area contributed by atoms with E-state index in [0.717, 1.165) is 16.5 Å². The lowest BCUT2D eigenvalue weighted by atomic mass is 9.93. The molecule has 4 nitrogen and oxygen atoms in total. The van der Waals surface area contributed by atoms with Crippen LogP contribution in [0.2, 0.25) is 0 Å². The van der Waals surface area contributed by atoms with E-state index in [9.17, 15) is 9.90 Å². The van der Waals surface area contributed by atoms with Crippen LogP contribution in [0, 0.1) is 0 Å². The number of ether oxygens (including phenoxy) is 2. The molecule has 4 rings (SSSR count). The summed E-state index contributed by atoms with van der Waals surface area (Å²) in [4.78, 5) is 11.9. The second-order valence-electron chi connectivity index (χ2n) is 5.49. The van der Waals surface area contributed by atoms with Gasteiger partial charge in [-0.15, -0.1) is 0 Å². The largest absolute Gasteiger partial charge is 0.507 e. The van der Waals surface area contributed by atoms with Crippen molar-refractivity contribution in [1.82, 2.24) is 0 Å². The maximum atomic E-state index is 11.9. The van der Waals surface area contributed by atoms with Gasteiger partial charge < -0.3 is 14.6 Å². The molecular formula is C19H14O4. The molecular weight excluding hydrogens is 292 g/mol. The van der Waals surface area contributed by atoms with Crippen molar-refractivity contribution in [3.63, 3.8) is 0 Å². The standard InChI is InChI=1S/C19H14O4/c1-11(20)13-7-14(12-5-3-2-4-6-12)15-8-17-18(23-10-22-17)9-16(15)19(13)21/h2-9,21H,10H2,1H3. The predicted molar refractivity (Wildman–Crippen MR) is 87.2 cm³/mol. The summed E-state index contributed by atoms with van der Waals surface area (Å²) in [5.74, 6) is 1.02. The van der Waals surface area contributed by atoms with E-state index in [4.69, 9.17) is 9.47 Å². The molecule has 4 heteroatoms. The molecule has 1 heterocycles. The molecule has 0 saturated heterocycles. The number of phenols is 1. The van der Waals surface area contributed by atoms with Crippen LogP contribution in [-0.4, -0.2) is 17.7 Å². The second kappa shape index (κ2) is 5.02. The maximum absolute atomic E-state index is 11.9. The highest BCUT2D eigenvalue weighted by atomic mass is 16.7. The summed E-state index contributed by atoms with van der Waals surface area (Å²) >= 11 is 0. The Kier molecular flexibility index (Phi) is 2.98. The molecule has 1 aliphatic heterocycles. The van der Waals surface area contributed by atoms with Crippen LogP contribution >= 0.6 is 0 Å². The quantitative estimate of drug-likeness (QED) is 0.723. The van der Waals surface area contributed by atoms with Gasteiger partial charge in [0, 0.05) is 5.39 Å². The number of ketones is 1. The van der Waals surface area contributed by atoms with Gasteiger partial charge >= 0.3 is 0 Å². The zero-order chi connectivity index (χ0) is 16.0. The van der Waals surface area contributed by atoms with Crippen LogP contribution in [0.4, 0.5) is 0 Å². The molecule has 0 amide bonds. The molecule has 23 heavy (non-hydrogen) atoms. The summed E-state index contributed by atoms with van der Waals surface area (Å²) in [6.07, 6.45) is 0. The van der Waals surface area contributed by atoms with Gasteiger partial charge in [0.1, 0.15) is 5.75 Å². The van der Waals surface area contributed by atoms with Crippen LogP contribution in [-0.2, 0) is 0 Å². The summed E-state index contributed by atoms with van der Waals surface area (Å²) < 4.78 is 10.8. The van der Waals surface area contributed by atoms with E-state index in [0.29, 0.717) is 22.4 Å². The number of fused-ring (bicyclic) bond motifs is 2. The van der Waals surface area contributed by atoms with E-state index in [-0.39, 0.29) is 18.3 Å². The van der Waals surface area contributed by atoms with Gasteiger partial charge in [0.2, 0.25) is 6.79 Å². The van der Waals surface area contributed by atoms with Crippen LogP contribution in [0.3, 0.4) is 0 Å². The number of rotatable bonds is 2. The highest BCUT2D eigenvalue weighted by molar-refractivity contribution is 6.10. The fourth-order valence-corrected chi connectivity index (χ4v) is 2.92. The van der Waals surface area contributed by atoms with E-state index >= 15 is 0 Å². The van der Waals surface area contributed by atoms with Gasteiger partial charge in [-0.05, 0) is 41.6 Å². The summed E-state index contributed by atoms with van der Waals surface area (Å²) in [6, 6.07) is 15.1. The summed E-state index contributed by atoms with van der Waals surface area (Å²) in [6.45, 7) is 1.61. The fourth-order valence-electron chi connectivity index (χ4n) is 2.92. The highest BCUT2D eigenvalue weighted by Gasteiger charge is 2.21. The molecule has 1 aliphatic rings. The first kappa shape index (κ1) is 13.6. The molecule has 0 atom stereocenters. The smallest absolute Gasteiger partial charge is 0.231 e. The maximum Gasteiger partial charge on any atom is 0.231 e. The van der Waals surface area contributed by atoms with Gasteiger partial charge in [-0.1, -0.05) is 30.3 Å². The van der Waals surface area contributed by atoms with Gasteiger partial charge in [0.15, 0.2) is 17.3 Å². The third-order valence-electron chi connectivity index (χ3n) is 4.07. The number of phenolic OH excluding ortho intramolecular Hbond substituents is 1. The molecule has 0 fully saturated rings. The minimum absolute atomic E-state index is 0.0227. The second-order valence-corrected chi connectivity index (χ2v) is 5.49. The lowest BCUT2D eigenvalue weighted by Gasteiger charge is -2.13. The Balaban J connectivity index is 2.12. The van der Waals surface area contributed by atoms with Crippen molar-refractivity contribution in [2.75, 3.05) is 6.79 Å². The highest BCUT2D eigenvalue weighted by Crippen LogP contribution is 2.44. The number of hydrogen-bond donors (Lipinski definition) is 1. The topological polar surface area (TPSA) is 55.8 Å². The van der Waals surface area contributed by atoms with E-state index in [1.165, 1.54) is 6.92 Å². The monoisotopic (exact) mass is 306 g/mol. The molecule has 3 aromatic carbocycles. The van der Waals surface area contributed by atoms with Crippen molar-refractivity contribution in [2.24, 2.45) is 0 Å². The predicted octanol–water partition coefficient (Wildman–Crippen LogP) is 4.14. The Morgan fingerprint density at radius 3 is 2.30 bits per heavy atom. The molecule has 0 unspecified atom stereocenters. The van der Waals surface area contributed by atoms with E-state index in [1.807, 2.05) is 36.4 Å². The van der Waals surface area contributed by atoms with E-state index in [1.54, 1.807) is 12.1 Å². The first-order valence-electron chi connectivity index (χ1n) is 7.31. The number of carbonyl (C=O) groups excluding carboxylic acids is 1. The average Bonchev–Trinajstić information content (AvgIpc) is 3.01. The zero-order valence-corrected chi connectivity index (χ0v) is 12.5. The summed E-state index contributed by atoms with van der Waals surface area (Å²) in [5.41, 5.74) is 2.15. The van der Waals surface area contributed by atoms with Crippen molar-refractivity contribution in [3.05, 3.63) is 54.1 Å². The average molecular weight is 306 g/mol. The molecule has 0 aliphatic carbocycles. The minimum atomic E-state index is -0.181. The lowest BCUT2D eigenvalue weighted by molar-refractivity contribution is 0.101. The lowest BCUT2D eigenvalue weighted by Crippen LogP contribution is -1.95. The molecule has 0 bridgehead atoms. The molecule has 0 saturated carbocycles. The van der Waals surface area contributed by atoms with Crippen molar-refractivity contribution < 1.29 is 19.4 Å². The zero-order valence-electron chi connectivity index (χ0n) is 12.5. The first-order chi connectivity index (χ1) is 11.1. The Morgan fingerprint density at radius 1 is 1.00 bits per heavy atom. The van der Waals surface area contributed by atoms with Crippen molar-refractivity contribution in [3.8, 4) is 28.4 Å². The third-order valence-corrected chi connectivity index (χ3v) is 4.07. The van der Waals surface area contributed by atoms with Crippen molar-refractivity contribution in [1.29, 1.82) is 0 Å². The normalized spacial score (nSPS) is 12.6. The van der Waals surface area contributed by atoms with Crippen LogP contribution in [0.15, 0.2) is 48.5 Å². The number of hydrogen-bond acceptors (Lipinski definition) is 4. The minimum Gasteiger partial charge on any atom is -0.507 e. The number of aromatic hydroxyl groups is 1. The van der Waals surface area contributed by atoms with E-state index < -0.39 is 0 Å². The molecule has 1 N–H and O–H groups in total. The van der Waals surface area contributed by atoms with Crippen LogP contribution in [0.5, 0.6) is 17.2 Å². The van der Waals surface area contributed by atoms with Gasteiger partial charge in [-0.2, -0.15) is 0 Å². The van der Waals surface area contributed by atoms with Crippen LogP contribution < -0.4 is 9.47 Å². The van der Waals surface area contributed by atoms with Crippen LogP contribution in [0.25, 0.3) is 21.9 Å². The Hall–Kier alpha value is -3.01. The van der Waals surface area contributed by atoms with Crippen molar-refractivity contribution in [2.45, 2.75) is 6.92 Å². The molecule has 3 aromatic rings. The van der Waals surface area contributed by atoms with Crippen LogP contribution in [0.1, 0.15) is 17.3 Å². The number of benzene rings is 3. The molecule has 0 radical (unpaired) electrons. The van der Waals surface area contributed by atoms with E-state index in [2.05, 4.69) is 0 Å². The van der Waals surface area contributed by atoms with Gasteiger partial charge in [-0.25, -0.2) is 0 Å². The van der Waals surface area contributed by atoms with Crippen molar-refractivity contribution >= 4 is 16.6 Å². The fraction of sp³-hybridized carbons (Fsp3) is 0.105. The number of carbonyl (C=O) groups is 1. The molecule has 0 spiro atoms. The Morgan fingerprint density at radius 2 is 1.65 bits per heavy atom.